The van der Waals surface area contributed by atoms with E-state index in [1.807, 2.05) is 6.20 Å². The van der Waals surface area contributed by atoms with Gasteiger partial charge in [0, 0.05) is 17.2 Å². The minimum Gasteiger partial charge on any atom is -0.452 e. The number of nitrogens with one attached hydrogen (secondary N) is 1. The summed E-state index contributed by atoms with van der Waals surface area (Å²) in [6, 6.07) is 8.36. The number of para-hydroxylation sites is 1. The summed E-state index contributed by atoms with van der Waals surface area (Å²) in [6.07, 6.45) is 13.4. The Hall–Kier alpha value is -2.27. The van der Waals surface area contributed by atoms with Gasteiger partial charge in [-0.1, -0.05) is 61.8 Å². The maximum atomic E-state index is 6.61. The Bertz CT molecular complexity index is 1010. The van der Waals surface area contributed by atoms with E-state index < -0.39 is 0 Å². The molecule has 1 N–H and O–H groups in total. The maximum Gasteiger partial charge on any atom is 0.243 e. The van der Waals surface area contributed by atoms with Crippen LogP contribution < -0.4 is 10.1 Å². The third-order valence-corrected chi connectivity index (χ3v) is 7.57. The number of hydrogen-bond donors (Lipinski definition) is 1. The fourth-order valence-electron chi connectivity index (χ4n) is 4.68. The van der Waals surface area contributed by atoms with Crippen molar-refractivity contribution >= 4 is 17.4 Å². The lowest BCUT2D eigenvalue weighted by Gasteiger charge is -2.35. The Morgan fingerprint density at radius 2 is 2.12 bits per heavy atom. The lowest BCUT2D eigenvalue weighted by Crippen LogP contribution is -2.39. The van der Waals surface area contributed by atoms with Crippen LogP contribution in [0.4, 0.5) is 5.69 Å². The summed E-state index contributed by atoms with van der Waals surface area (Å²) >= 11 is 1.76. The fraction of sp³-hybridized carbons (Fsp3) is 0.500. The highest BCUT2D eigenvalue weighted by Crippen LogP contribution is 2.41. The Labute approximate surface area is 203 Å². The molecule has 1 aliphatic heterocycles. The molecule has 4 nitrogen and oxygen atoms in total. The minimum absolute atomic E-state index is 0.122. The molecule has 2 aliphatic rings. The molecule has 0 saturated heterocycles. The first-order valence-electron chi connectivity index (χ1n) is 12.4. The first-order chi connectivity index (χ1) is 16.0. The number of allylic oxidation sites excluding steroid dienone is 4. The monoisotopic (exact) mass is 463 g/mol. The fourth-order valence-corrected chi connectivity index (χ4v) is 5.60. The first-order valence-corrected chi connectivity index (χ1v) is 13.4. The molecule has 0 saturated carbocycles. The van der Waals surface area contributed by atoms with E-state index in [1.165, 1.54) is 18.4 Å². The topological polar surface area (TPSA) is 47.0 Å². The summed E-state index contributed by atoms with van der Waals surface area (Å²) in [5.41, 5.74) is 5.96. The van der Waals surface area contributed by atoms with Crippen molar-refractivity contribution in [1.82, 2.24) is 9.97 Å². The smallest absolute Gasteiger partial charge is 0.243 e. The van der Waals surface area contributed by atoms with E-state index in [1.54, 1.807) is 17.3 Å². The van der Waals surface area contributed by atoms with Gasteiger partial charge in [0.05, 0.1) is 6.20 Å². The molecule has 2 aromatic rings. The van der Waals surface area contributed by atoms with Crippen LogP contribution in [0.15, 0.2) is 58.8 Å². The summed E-state index contributed by atoms with van der Waals surface area (Å²) in [5, 5.41) is 4.65. The average Bonchev–Trinajstić information content (AvgIpc) is 2.95. The van der Waals surface area contributed by atoms with Gasteiger partial charge in [0.1, 0.15) is 10.7 Å². The third-order valence-electron chi connectivity index (χ3n) is 6.59. The molecular weight excluding hydrogens is 426 g/mol. The summed E-state index contributed by atoms with van der Waals surface area (Å²) in [6.45, 7) is 8.93. The van der Waals surface area contributed by atoms with Crippen molar-refractivity contribution in [3.05, 3.63) is 53.8 Å². The Balaban J connectivity index is 1.56. The largest absolute Gasteiger partial charge is 0.452 e. The van der Waals surface area contributed by atoms with Gasteiger partial charge in [0.2, 0.25) is 5.88 Å². The van der Waals surface area contributed by atoms with Crippen LogP contribution in [0.25, 0.3) is 11.3 Å². The predicted molar refractivity (Wildman–Crippen MR) is 140 cm³/mol. The van der Waals surface area contributed by atoms with Crippen LogP contribution in [0, 0.1) is 11.8 Å². The van der Waals surface area contributed by atoms with Gasteiger partial charge in [-0.05, 0) is 63.7 Å². The molecule has 176 valence electrons. The highest BCUT2D eigenvalue weighted by atomic mass is 32.2. The van der Waals surface area contributed by atoms with E-state index in [-0.39, 0.29) is 6.23 Å². The first kappa shape index (κ1) is 23.9. The van der Waals surface area contributed by atoms with E-state index in [4.69, 9.17) is 14.7 Å². The number of rotatable bonds is 8. The zero-order chi connectivity index (χ0) is 23.2. The van der Waals surface area contributed by atoms with E-state index in [0.717, 1.165) is 53.4 Å². The quantitative estimate of drug-likeness (QED) is 0.245. The van der Waals surface area contributed by atoms with E-state index in [2.05, 4.69) is 69.4 Å². The molecule has 5 heteroatoms. The molecule has 33 heavy (non-hydrogen) atoms. The molecule has 1 aromatic heterocycles. The van der Waals surface area contributed by atoms with Crippen LogP contribution in [-0.2, 0) is 0 Å². The second kappa shape index (κ2) is 11.2. The van der Waals surface area contributed by atoms with Gasteiger partial charge in [-0.3, -0.25) is 0 Å². The highest BCUT2D eigenvalue weighted by molar-refractivity contribution is 7.99. The zero-order valence-electron chi connectivity index (χ0n) is 20.4. The molecule has 0 radical (unpaired) electrons. The number of hydrogen-bond acceptors (Lipinski definition) is 5. The Morgan fingerprint density at radius 3 is 2.91 bits per heavy atom. The van der Waals surface area contributed by atoms with Crippen molar-refractivity contribution < 1.29 is 4.74 Å². The van der Waals surface area contributed by atoms with E-state index in [0.29, 0.717) is 17.7 Å². The normalized spacial score (nSPS) is 21.6. The van der Waals surface area contributed by atoms with Gasteiger partial charge in [-0.2, -0.15) is 0 Å². The van der Waals surface area contributed by atoms with Gasteiger partial charge >= 0.3 is 0 Å². The summed E-state index contributed by atoms with van der Waals surface area (Å²) < 4.78 is 6.61. The number of benzene rings is 1. The SMILES string of the molecule is CCCCSc1cnc2c(n1)OC(C1CC=C(CCC=C(C)C)CC1C)Nc1ccccc1-2. The van der Waals surface area contributed by atoms with Crippen molar-refractivity contribution in [3.8, 4) is 17.1 Å². The van der Waals surface area contributed by atoms with Gasteiger partial charge in [-0.15, -0.1) is 11.8 Å². The van der Waals surface area contributed by atoms with Crippen molar-refractivity contribution in [2.24, 2.45) is 11.8 Å². The molecule has 1 aliphatic carbocycles. The molecule has 2 heterocycles. The van der Waals surface area contributed by atoms with Crippen LogP contribution in [0.1, 0.15) is 66.2 Å². The maximum absolute atomic E-state index is 6.61. The van der Waals surface area contributed by atoms with Crippen LogP contribution in [-0.4, -0.2) is 21.9 Å². The number of thioether (sulfide) groups is 1. The van der Waals surface area contributed by atoms with Gasteiger partial charge in [0.25, 0.3) is 0 Å². The second-order valence-electron chi connectivity index (χ2n) is 9.56. The average molecular weight is 464 g/mol. The molecular formula is C28H37N3OS. The van der Waals surface area contributed by atoms with E-state index in [9.17, 15) is 0 Å². The Morgan fingerprint density at radius 1 is 1.27 bits per heavy atom. The zero-order valence-corrected chi connectivity index (χ0v) is 21.3. The van der Waals surface area contributed by atoms with Gasteiger partial charge in [-0.25, -0.2) is 9.97 Å². The van der Waals surface area contributed by atoms with Gasteiger partial charge < -0.3 is 10.1 Å². The lowest BCUT2D eigenvalue weighted by atomic mass is 9.78. The number of fused-ring (bicyclic) bond motifs is 3. The van der Waals surface area contributed by atoms with Crippen LogP contribution in [0.2, 0.25) is 0 Å². The molecule has 3 unspecified atom stereocenters. The highest BCUT2D eigenvalue weighted by Gasteiger charge is 2.34. The minimum atomic E-state index is -0.122. The number of nitrogens with zero attached hydrogens (tertiary/aromatic N) is 2. The van der Waals surface area contributed by atoms with Crippen LogP contribution >= 0.6 is 11.8 Å². The van der Waals surface area contributed by atoms with E-state index >= 15 is 0 Å². The number of unbranched alkanes of at least 4 members (excludes halogenated alkanes) is 1. The van der Waals surface area contributed by atoms with Crippen LogP contribution in [0.3, 0.4) is 0 Å². The lowest BCUT2D eigenvalue weighted by molar-refractivity contribution is 0.114. The molecule has 3 atom stereocenters. The van der Waals surface area contributed by atoms with Crippen LogP contribution in [0.5, 0.6) is 5.88 Å². The summed E-state index contributed by atoms with van der Waals surface area (Å²) in [7, 11) is 0. The number of aromatic nitrogens is 2. The number of anilines is 1. The molecule has 0 bridgehead atoms. The third kappa shape index (κ3) is 6.00. The summed E-state index contributed by atoms with van der Waals surface area (Å²) in [4.78, 5) is 9.69. The van der Waals surface area contributed by atoms with Crippen molar-refractivity contribution in [2.75, 3.05) is 11.1 Å². The van der Waals surface area contributed by atoms with Gasteiger partial charge in [0.15, 0.2) is 6.23 Å². The summed E-state index contributed by atoms with van der Waals surface area (Å²) in [5.74, 6) is 2.64. The molecule has 0 amide bonds. The van der Waals surface area contributed by atoms with Crippen molar-refractivity contribution in [2.45, 2.75) is 77.5 Å². The molecule has 0 spiro atoms. The molecule has 0 fully saturated rings. The van der Waals surface area contributed by atoms with Crippen molar-refractivity contribution in [1.29, 1.82) is 0 Å². The Kier molecular flexibility index (Phi) is 8.13. The molecule has 4 rings (SSSR count). The predicted octanol–water partition coefficient (Wildman–Crippen LogP) is 7.89. The van der Waals surface area contributed by atoms with Crippen molar-refractivity contribution in [3.63, 3.8) is 0 Å². The second-order valence-corrected chi connectivity index (χ2v) is 10.7. The molecule has 1 aromatic carbocycles. The standard InChI is InChI=1S/C28H37N3OS/c1-5-6-16-33-25-18-29-26-23-12-7-8-13-24(23)30-27(32-28(26)31-25)22-15-14-21(17-20(22)4)11-9-10-19(2)3/h7-8,10,12-14,18,20,22,27,30H,5-6,9,11,15-17H2,1-4H3. The number of ether oxygens (including phenoxy) is 1.